The Morgan fingerprint density at radius 1 is 1.40 bits per heavy atom. The van der Waals surface area contributed by atoms with Crippen LogP contribution >= 0.6 is 0 Å². The van der Waals surface area contributed by atoms with Crippen molar-refractivity contribution in [1.82, 2.24) is 9.71 Å². The summed E-state index contributed by atoms with van der Waals surface area (Å²) in [6.45, 7) is 4.62. The maximum absolute atomic E-state index is 12.4. The van der Waals surface area contributed by atoms with Crippen LogP contribution in [0.25, 0.3) is 0 Å². The van der Waals surface area contributed by atoms with Gasteiger partial charge in [-0.3, -0.25) is 0 Å². The maximum Gasteiger partial charge on any atom is 0.241 e. The third-order valence-corrected chi connectivity index (χ3v) is 5.40. The van der Waals surface area contributed by atoms with Crippen LogP contribution in [-0.2, 0) is 10.0 Å². The van der Waals surface area contributed by atoms with Gasteiger partial charge in [0.2, 0.25) is 10.0 Å². The van der Waals surface area contributed by atoms with Crippen LogP contribution in [0.4, 0.5) is 5.82 Å². The summed E-state index contributed by atoms with van der Waals surface area (Å²) >= 11 is 0. The summed E-state index contributed by atoms with van der Waals surface area (Å²) in [6.07, 6.45) is 6.16. The Morgan fingerprint density at radius 3 is 2.75 bits per heavy atom. The number of hydrogen-bond acceptors (Lipinski definition) is 4. The van der Waals surface area contributed by atoms with E-state index in [9.17, 15) is 8.42 Å². The Kier molecular flexibility index (Phi) is 4.99. The zero-order valence-corrected chi connectivity index (χ0v) is 12.9. The molecular formula is C14H23N3O2S. The Bertz CT molecular complexity index is 539. The Hall–Kier alpha value is -1.14. The molecule has 20 heavy (non-hydrogen) atoms. The van der Waals surface area contributed by atoms with E-state index < -0.39 is 10.0 Å². The van der Waals surface area contributed by atoms with Gasteiger partial charge in [0.05, 0.1) is 4.90 Å². The summed E-state index contributed by atoms with van der Waals surface area (Å²) < 4.78 is 27.6. The van der Waals surface area contributed by atoms with Gasteiger partial charge in [0.25, 0.3) is 0 Å². The lowest BCUT2D eigenvalue weighted by atomic mass is 10.0. The van der Waals surface area contributed by atoms with E-state index in [0.717, 1.165) is 12.8 Å². The van der Waals surface area contributed by atoms with Gasteiger partial charge in [0, 0.05) is 24.8 Å². The van der Waals surface area contributed by atoms with Crippen molar-refractivity contribution in [3.63, 3.8) is 0 Å². The smallest absolute Gasteiger partial charge is 0.241 e. The SMILES string of the molecule is CCNc1cc(S(=O)(=O)NC(C)C2CCCC2)ccn1. The molecule has 6 heteroatoms. The minimum absolute atomic E-state index is 0.0155. The molecule has 112 valence electrons. The van der Waals surface area contributed by atoms with Crippen LogP contribution in [0.5, 0.6) is 0 Å². The van der Waals surface area contributed by atoms with E-state index in [1.54, 1.807) is 6.07 Å². The topological polar surface area (TPSA) is 71.1 Å². The van der Waals surface area contributed by atoms with Crippen LogP contribution in [0.15, 0.2) is 23.2 Å². The van der Waals surface area contributed by atoms with E-state index in [-0.39, 0.29) is 10.9 Å². The molecule has 0 aliphatic heterocycles. The molecule has 0 radical (unpaired) electrons. The molecule has 2 N–H and O–H groups in total. The average molecular weight is 297 g/mol. The van der Waals surface area contributed by atoms with Gasteiger partial charge in [0.1, 0.15) is 5.82 Å². The zero-order valence-electron chi connectivity index (χ0n) is 12.1. The van der Waals surface area contributed by atoms with Gasteiger partial charge in [0.15, 0.2) is 0 Å². The molecule has 1 heterocycles. The number of nitrogens with zero attached hydrogens (tertiary/aromatic N) is 1. The second-order valence-corrected chi connectivity index (χ2v) is 7.08. The molecular weight excluding hydrogens is 274 g/mol. The van der Waals surface area contributed by atoms with Crippen molar-refractivity contribution in [2.75, 3.05) is 11.9 Å². The molecule has 1 aliphatic rings. The molecule has 0 amide bonds. The molecule has 1 aliphatic carbocycles. The summed E-state index contributed by atoms with van der Waals surface area (Å²) in [6, 6.07) is 3.09. The van der Waals surface area contributed by atoms with Crippen molar-refractivity contribution < 1.29 is 8.42 Å². The number of pyridine rings is 1. The molecule has 1 saturated carbocycles. The minimum atomic E-state index is -3.47. The quantitative estimate of drug-likeness (QED) is 0.845. The van der Waals surface area contributed by atoms with Gasteiger partial charge in [-0.1, -0.05) is 12.8 Å². The Labute approximate surface area is 121 Å². The number of rotatable bonds is 6. The second-order valence-electron chi connectivity index (χ2n) is 5.36. The van der Waals surface area contributed by atoms with Crippen molar-refractivity contribution in [3.8, 4) is 0 Å². The van der Waals surface area contributed by atoms with Gasteiger partial charge in [-0.15, -0.1) is 0 Å². The van der Waals surface area contributed by atoms with Crippen LogP contribution in [0, 0.1) is 5.92 Å². The third-order valence-electron chi connectivity index (χ3n) is 3.85. The third kappa shape index (κ3) is 3.70. The van der Waals surface area contributed by atoms with Crippen molar-refractivity contribution in [3.05, 3.63) is 18.3 Å². The van der Waals surface area contributed by atoms with Crippen molar-refractivity contribution in [1.29, 1.82) is 0 Å². The van der Waals surface area contributed by atoms with Crippen LogP contribution < -0.4 is 10.0 Å². The highest BCUT2D eigenvalue weighted by Gasteiger charge is 2.26. The Morgan fingerprint density at radius 2 is 2.10 bits per heavy atom. The number of hydrogen-bond donors (Lipinski definition) is 2. The van der Waals surface area contributed by atoms with Crippen LogP contribution in [-0.4, -0.2) is 26.0 Å². The molecule has 5 nitrogen and oxygen atoms in total. The van der Waals surface area contributed by atoms with Crippen LogP contribution in [0.2, 0.25) is 0 Å². The van der Waals surface area contributed by atoms with Gasteiger partial charge in [-0.05, 0) is 38.7 Å². The highest BCUT2D eigenvalue weighted by Crippen LogP contribution is 2.28. The first-order valence-corrected chi connectivity index (χ1v) is 8.73. The summed E-state index contributed by atoms with van der Waals surface area (Å²) in [5, 5.41) is 3.03. The maximum atomic E-state index is 12.4. The normalized spacial score (nSPS) is 18.1. The summed E-state index contributed by atoms with van der Waals surface area (Å²) in [4.78, 5) is 4.37. The lowest BCUT2D eigenvalue weighted by Gasteiger charge is -2.20. The minimum Gasteiger partial charge on any atom is -0.370 e. The van der Waals surface area contributed by atoms with E-state index in [0.29, 0.717) is 18.3 Å². The van der Waals surface area contributed by atoms with Gasteiger partial charge >= 0.3 is 0 Å². The lowest BCUT2D eigenvalue weighted by Crippen LogP contribution is -2.37. The largest absolute Gasteiger partial charge is 0.370 e. The molecule has 1 aromatic heterocycles. The molecule has 0 aromatic carbocycles. The van der Waals surface area contributed by atoms with Crippen molar-refractivity contribution >= 4 is 15.8 Å². The van der Waals surface area contributed by atoms with E-state index in [4.69, 9.17) is 0 Å². The highest BCUT2D eigenvalue weighted by atomic mass is 32.2. The number of sulfonamides is 1. The van der Waals surface area contributed by atoms with E-state index >= 15 is 0 Å². The predicted molar refractivity (Wildman–Crippen MR) is 80.1 cm³/mol. The Balaban J connectivity index is 2.10. The van der Waals surface area contributed by atoms with Crippen LogP contribution in [0.1, 0.15) is 39.5 Å². The summed E-state index contributed by atoms with van der Waals surface area (Å²) in [7, 11) is -3.47. The molecule has 0 saturated heterocycles. The van der Waals surface area contributed by atoms with Crippen LogP contribution in [0.3, 0.4) is 0 Å². The second kappa shape index (κ2) is 6.54. The number of aromatic nitrogens is 1. The summed E-state index contributed by atoms with van der Waals surface area (Å²) in [5.41, 5.74) is 0. The predicted octanol–water partition coefficient (Wildman–Crippen LogP) is 2.37. The summed E-state index contributed by atoms with van der Waals surface area (Å²) in [5.74, 6) is 1.05. The van der Waals surface area contributed by atoms with E-state index in [2.05, 4.69) is 15.0 Å². The molecule has 1 fully saturated rings. The van der Waals surface area contributed by atoms with E-state index in [1.807, 2.05) is 13.8 Å². The highest BCUT2D eigenvalue weighted by molar-refractivity contribution is 7.89. The fourth-order valence-corrected chi connectivity index (χ4v) is 4.05. The van der Waals surface area contributed by atoms with E-state index in [1.165, 1.54) is 25.1 Å². The first-order valence-electron chi connectivity index (χ1n) is 7.25. The molecule has 0 bridgehead atoms. The fourth-order valence-electron chi connectivity index (χ4n) is 2.72. The zero-order chi connectivity index (χ0) is 14.6. The first kappa shape index (κ1) is 15.3. The van der Waals surface area contributed by atoms with Gasteiger partial charge in [-0.25, -0.2) is 18.1 Å². The van der Waals surface area contributed by atoms with Gasteiger partial charge in [-0.2, -0.15) is 0 Å². The van der Waals surface area contributed by atoms with Gasteiger partial charge < -0.3 is 5.32 Å². The van der Waals surface area contributed by atoms with Crippen molar-refractivity contribution in [2.24, 2.45) is 5.92 Å². The number of nitrogens with one attached hydrogen (secondary N) is 2. The average Bonchev–Trinajstić information content (AvgIpc) is 2.93. The lowest BCUT2D eigenvalue weighted by molar-refractivity contribution is 0.424. The number of anilines is 1. The molecule has 1 atom stereocenters. The molecule has 2 rings (SSSR count). The standard InChI is InChI=1S/C14H23N3O2S/c1-3-15-14-10-13(8-9-16-14)20(18,19)17-11(2)12-6-4-5-7-12/h8-12,17H,3-7H2,1-2H3,(H,15,16). The first-order chi connectivity index (χ1) is 9.53. The monoisotopic (exact) mass is 297 g/mol. The molecule has 0 spiro atoms. The molecule has 1 unspecified atom stereocenters. The fraction of sp³-hybridized carbons (Fsp3) is 0.643. The van der Waals surface area contributed by atoms with Crippen molar-refractivity contribution in [2.45, 2.75) is 50.5 Å². The molecule has 1 aromatic rings.